The number of aromatic nitrogens is 3. The average Bonchev–Trinajstić information content (AvgIpc) is 2.28. The van der Waals surface area contributed by atoms with Gasteiger partial charge in [-0.3, -0.25) is 0 Å². The van der Waals surface area contributed by atoms with Gasteiger partial charge in [-0.05, 0) is 31.5 Å². The van der Waals surface area contributed by atoms with Gasteiger partial charge in [-0.15, -0.1) is 0 Å². The fraction of sp³-hybridized carbons (Fsp3) is 0.250. The van der Waals surface area contributed by atoms with E-state index in [1.54, 1.807) is 12.4 Å². The zero-order valence-electron chi connectivity index (χ0n) is 9.94. The number of anilines is 2. The Morgan fingerprint density at radius 1 is 1.29 bits per heavy atom. The van der Waals surface area contributed by atoms with E-state index in [-0.39, 0.29) is 0 Å². The Morgan fingerprint density at radius 3 is 2.82 bits per heavy atom. The molecule has 88 valence electrons. The SMILES string of the molecule is Cc1nccc(CNc2ncc(N)cc2C)n1. The predicted molar refractivity (Wildman–Crippen MR) is 67.5 cm³/mol. The Labute approximate surface area is 100 Å². The standard InChI is InChI=1S/C12H15N5/c1-8-5-10(13)6-15-12(8)16-7-11-3-4-14-9(2)17-11/h3-6H,7,13H2,1-2H3,(H,15,16). The summed E-state index contributed by atoms with van der Waals surface area (Å²) in [5, 5.41) is 3.23. The van der Waals surface area contributed by atoms with Crippen molar-refractivity contribution >= 4 is 11.5 Å². The van der Waals surface area contributed by atoms with Crippen LogP contribution in [0.25, 0.3) is 0 Å². The number of nitrogen functional groups attached to an aromatic ring is 1. The third kappa shape index (κ3) is 2.90. The summed E-state index contributed by atoms with van der Waals surface area (Å²) in [7, 11) is 0. The number of nitrogens with zero attached hydrogens (tertiary/aromatic N) is 3. The van der Waals surface area contributed by atoms with Gasteiger partial charge in [0.2, 0.25) is 0 Å². The number of nitrogens with one attached hydrogen (secondary N) is 1. The molecular formula is C12H15N5. The molecule has 17 heavy (non-hydrogen) atoms. The molecule has 0 radical (unpaired) electrons. The minimum absolute atomic E-state index is 0.626. The summed E-state index contributed by atoms with van der Waals surface area (Å²) in [5.74, 6) is 1.60. The van der Waals surface area contributed by atoms with E-state index in [2.05, 4.69) is 20.3 Å². The number of pyridine rings is 1. The monoisotopic (exact) mass is 229 g/mol. The molecule has 5 heteroatoms. The molecule has 0 aliphatic carbocycles. The maximum Gasteiger partial charge on any atom is 0.129 e. The van der Waals surface area contributed by atoms with E-state index in [9.17, 15) is 0 Å². The molecular weight excluding hydrogens is 214 g/mol. The quantitative estimate of drug-likeness (QED) is 0.837. The van der Waals surface area contributed by atoms with Crippen LogP contribution >= 0.6 is 0 Å². The highest BCUT2D eigenvalue weighted by molar-refractivity contribution is 5.50. The summed E-state index contributed by atoms with van der Waals surface area (Å²) in [4.78, 5) is 12.6. The van der Waals surface area contributed by atoms with Crippen molar-refractivity contribution in [1.29, 1.82) is 0 Å². The predicted octanol–water partition coefficient (Wildman–Crippen LogP) is 1.68. The molecule has 5 nitrogen and oxygen atoms in total. The first kappa shape index (κ1) is 11.3. The largest absolute Gasteiger partial charge is 0.397 e. The van der Waals surface area contributed by atoms with Crippen molar-refractivity contribution in [1.82, 2.24) is 15.0 Å². The molecule has 0 aliphatic rings. The zero-order chi connectivity index (χ0) is 12.3. The summed E-state index contributed by atoms with van der Waals surface area (Å²) >= 11 is 0. The maximum atomic E-state index is 5.64. The lowest BCUT2D eigenvalue weighted by atomic mass is 10.2. The van der Waals surface area contributed by atoms with Crippen molar-refractivity contribution in [2.24, 2.45) is 0 Å². The summed E-state index contributed by atoms with van der Waals surface area (Å²) in [6.07, 6.45) is 3.39. The minimum atomic E-state index is 0.626. The van der Waals surface area contributed by atoms with Gasteiger partial charge < -0.3 is 11.1 Å². The van der Waals surface area contributed by atoms with Gasteiger partial charge in [0, 0.05) is 6.20 Å². The smallest absolute Gasteiger partial charge is 0.129 e. The van der Waals surface area contributed by atoms with Gasteiger partial charge in [0.25, 0.3) is 0 Å². The normalized spacial score (nSPS) is 10.2. The molecule has 0 saturated heterocycles. The highest BCUT2D eigenvalue weighted by Crippen LogP contribution is 2.14. The van der Waals surface area contributed by atoms with Crippen molar-refractivity contribution in [3.63, 3.8) is 0 Å². The van der Waals surface area contributed by atoms with Crippen molar-refractivity contribution in [2.75, 3.05) is 11.1 Å². The van der Waals surface area contributed by atoms with E-state index in [1.165, 1.54) is 0 Å². The summed E-state index contributed by atoms with van der Waals surface area (Å²) in [5.41, 5.74) is 8.28. The van der Waals surface area contributed by atoms with Crippen molar-refractivity contribution in [3.8, 4) is 0 Å². The van der Waals surface area contributed by atoms with Crippen LogP contribution < -0.4 is 11.1 Å². The Hall–Kier alpha value is -2.17. The first-order valence-electron chi connectivity index (χ1n) is 5.39. The summed E-state index contributed by atoms with van der Waals surface area (Å²) in [6.45, 7) is 4.47. The molecule has 0 spiro atoms. The van der Waals surface area contributed by atoms with Gasteiger partial charge in [-0.25, -0.2) is 15.0 Å². The number of aryl methyl sites for hydroxylation is 2. The van der Waals surface area contributed by atoms with E-state index in [4.69, 9.17) is 5.73 Å². The van der Waals surface area contributed by atoms with Crippen LogP contribution in [0.3, 0.4) is 0 Å². The molecule has 0 amide bonds. The molecule has 0 bridgehead atoms. The highest BCUT2D eigenvalue weighted by atomic mass is 15.0. The first-order valence-corrected chi connectivity index (χ1v) is 5.39. The van der Waals surface area contributed by atoms with E-state index >= 15 is 0 Å². The van der Waals surface area contributed by atoms with E-state index < -0.39 is 0 Å². The summed E-state index contributed by atoms with van der Waals surface area (Å²) < 4.78 is 0. The Bertz CT molecular complexity index is 524. The second-order valence-electron chi connectivity index (χ2n) is 3.88. The van der Waals surface area contributed by atoms with Crippen LogP contribution in [-0.2, 0) is 6.54 Å². The van der Waals surface area contributed by atoms with Crippen LogP contribution in [0.5, 0.6) is 0 Å². The molecule has 0 aliphatic heterocycles. The molecule has 2 aromatic heterocycles. The Morgan fingerprint density at radius 2 is 2.12 bits per heavy atom. The van der Waals surface area contributed by atoms with Crippen LogP contribution in [-0.4, -0.2) is 15.0 Å². The van der Waals surface area contributed by atoms with E-state index in [0.29, 0.717) is 12.2 Å². The third-order valence-corrected chi connectivity index (χ3v) is 2.37. The number of nitrogens with two attached hydrogens (primary N) is 1. The first-order chi connectivity index (χ1) is 8.15. The fourth-order valence-corrected chi connectivity index (χ4v) is 1.56. The molecule has 2 rings (SSSR count). The molecule has 0 aromatic carbocycles. The van der Waals surface area contributed by atoms with Gasteiger partial charge in [0.05, 0.1) is 24.1 Å². The molecule has 3 N–H and O–H groups in total. The summed E-state index contributed by atoms with van der Waals surface area (Å²) in [6, 6.07) is 3.77. The third-order valence-electron chi connectivity index (χ3n) is 2.37. The van der Waals surface area contributed by atoms with Gasteiger partial charge in [0.15, 0.2) is 0 Å². The van der Waals surface area contributed by atoms with E-state index in [1.807, 2.05) is 26.0 Å². The van der Waals surface area contributed by atoms with Gasteiger partial charge in [0.1, 0.15) is 11.6 Å². The average molecular weight is 229 g/mol. The number of hydrogen-bond acceptors (Lipinski definition) is 5. The Balaban J connectivity index is 2.07. The van der Waals surface area contributed by atoms with Crippen molar-refractivity contribution < 1.29 is 0 Å². The minimum Gasteiger partial charge on any atom is -0.397 e. The fourth-order valence-electron chi connectivity index (χ4n) is 1.56. The van der Waals surface area contributed by atoms with Crippen molar-refractivity contribution in [3.05, 3.63) is 41.6 Å². The van der Waals surface area contributed by atoms with E-state index in [0.717, 1.165) is 22.9 Å². The second kappa shape index (κ2) is 4.78. The number of rotatable bonds is 3. The van der Waals surface area contributed by atoms with Gasteiger partial charge >= 0.3 is 0 Å². The molecule has 0 unspecified atom stereocenters. The maximum absolute atomic E-state index is 5.64. The van der Waals surface area contributed by atoms with Crippen LogP contribution in [0.15, 0.2) is 24.5 Å². The van der Waals surface area contributed by atoms with Crippen molar-refractivity contribution in [2.45, 2.75) is 20.4 Å². The van der Waals surface area contributed by atoms with Crippen LogP contribution in [0, 0.1) is 13.8 Å². The van der Waals surface area contributed by atoms with Crippen LogP contribution in [0.4, 0.5) is 11.5 Å². The molecule has 2 heterocycles. The molecule has 0 fully saturated rings. The van der Waals surface area contributed by atoms with Crippen LogP contribution in [0.1, 0.15) is 17.1 Å². The topological polar surface area (TPSA) is 76.7 Å². The zero-order valence-corrected chi connectivity index (χ0v) is 9.94. The lowest BCUT2D eigenvalue weighted by molar-refractivity contribution is 0.948. The van der Waals surface area contributed by atoms with Gasteiger partial charge in [-0.2, -0.15) is 0 Å². The van der Waals surface area contributed by atoms with Crippen LogP contribution in [0.2, 0.25) is 0 Å². The second-order valence-corrected chi connectivity index (χ2v) is 3.88. The molecule has 0 saturated carbocycles. The lowest BCUT2D eigenvalue weighted by Crippen LogP contribution is -2.06. The van der Waals surface area contributed by atoms with Gasteiger partial charge in [-0.1, -0.05) is 0 Å². The molecule has 0 atom stereocenters. The number of hydrogen-bond donors (Lipinski definition) is 2. The highest BCUT2D eigenvalue weighted by Gasteiger charge is 2.01. The molecule has 2 aromatic rings. The Kier molecular flexibility index (Phi) is 3.18. The lowest BCUT2D eigenvalue weighted by Gasteiger charge is -2.08.